The lowest BCUT2D eigenvalue weighted by Crippen LogP contribution is -2.16. The average Bonchev–Trinajstić information content (AvgIpc) is 2.19. The average molecular weight is 287 g/mol. The van der Waals surface area contributed by atoms with Crippen LogP contribution in [-0.4, -0.2) is 16.5 Å². The van der Waals surface area contributed by atoms with E-state index in [-0.39, 0.29) is 17.0 Å². The number of hydrogen-bond acceptors (Lipinski definition) is 1. The standard InChI is InChI=1S/C10H7Cl2F3O2/c11-7-2-1-6(10(13,14)15)3-5(7)4-8(12)9(16)17/h1-3,8H,4H2,(H,16,17). The molecule has 1 unspecified atom stereocenters. The zero-order valence-electron chi connectivity index (χ0n) is 8.26. The van der Waals surface area contributed by atoms with Crippen molar-refractivity contribution in [2.45, 2.75) is 18.0 Å². The van der Waals surface area contributed by atoms with Crippen LogP contribution in [0.2, 0.25) is 5.02 Å². The van der Waals surface area contributed by atoms with Crippen molar-refractivity contribution in [2.24, 2.45) is 0 Å². The van der Waals surface area contributed by atoms with Crippen LogP contribution in [0.25, 0.3) is 0 Å². The molecule has 2 nitrogen and oxygen atoms in total. The van der Waals surface area contributed by atoms with Gasteiger partial charge in [0.1, 0.15) is 5.38 Å². The SMILES string of the molecule is O=C(O)C(Cl)Cc1cc(C(F)(F)F)ccc1Cl. The summed E-state index contributed by atoms with van der Waals surface area (Å²) in [5, 5.41) is 7.32. The summed E-state index contributed by atoms with van der Waals surface area (Å²) in [6, 6.07) is 2.71. The molecule has 1 aromatic rings. The van der Waals surface area contributed by atoms with E-state index in [1.807, 2.05) is 0 Å². The van der Waals surface area contributed by atoms with E-state index in [0.29, 0.717) is 0 Å². The predicted octanol–water partition coefficient (Wildman–Crippen LogP) is 3.59. The molecule has 0 aliphatic heterocycles. The van der Waals surface area contributed by atoms with Crippen LogP contribution in [0, 0.1) is 0 Å². The largest absolute Gasteiger partial charge is 0.480 e. The van der Waals surface area contributed by atoms with Gasteiger partial charge in [0.25, 0.3) is 0 Å². The zero-order chi connectivity index (χ0) is 13.2. The minimum atomic E-state index is -4.50. The van der Waals surface area contributed by atoms with Gasteiger partial charge in [0.2, 0.25) is 0 Å². The second-order valence-corrected chi connectivity index (χ2v) is 4.25. The van der Waals surface area contributed by atoms with Gasteiger partial charge in [-0.2, -0.15) is 13.2 Å². The number of carboxylic acids is 1. The molecule has 0 aromatic heterocycles. The van der Waals surface area contributed by atoms with Crippen molar-refractivity contribution in [2.75, 3.05) is 0 Å². The summed E-state index contributed by atoms with van der Waals surface area (Å²) in [6.07, 6.45) is -4.76. The number of aliphatic carboxylic acids is 1. The van der Waals surface area contributed by atoms with Crippen molar-refractivity contribution in [3.63, 3.8) is 0 Å². The molecule has 1 rings (SSSR count). The molecule has 1 aromatic carbocycles. The fraction of sp³-hybridized carbons (Fsp3) is 0.300. The quantitative estimate of drug-likeness (QED) is 0.862. The first-order valence-corrected chi connectivity index (χ1v) is 5.25. The van der Waals surface area contributed by atoms with Gasteiger partial charge in [0, 0.05) is 11.4 Å². The lowest BCUT2D eigenvalue weighted by atomic mass is 10.1. The topological polar surface area (TPSA) is 37.3 Å². The lowest BCUT2D eigenvalue weighted by Gasteiger charge is -2.11. The first kappa shape index (κ1) is 14.1. The highest BCUT2D eigenvalue weighted by molar-refractivity contribution is 6.32. The Morgan fingerprint density at radius 3 is 2.47 bits per heavy atom. The van der Waals surface area contributed by atoms with E-state index >= 15 is 0 Å². The molecular formula is C10H7Cl2F3O2. The number of carbonyl (C=O) groups is 1. The smallest absolute Gasteiger partial charge is 0.416 e. The highest BCUT2D eigenvalue weighted by atomic mass is 35.5. The Labute approximate surface area is 105 Å². The molecule has 0 heterocycles. The summed E-state index contributed by atoms with van der Waals surface area (Å²) >= 11 is 11.1. The van der Waals surface area contributed by atoms with Crippen molar-refractivity contribution in [3.05, 3.63) is 34.3 Å². The van der Waals surface area contributed by atoms with Crippen LogP contribution in [0.5, 0.6) is 0 Å². The van der Waals surface area contributed by atoms with Crippen molar-refractivity contribution < 1.29 is 23.1 Å². The van der Waals surface area contributed by atoms with Crippen LogP contribution in [0.4, 0.5) is 13.2 Å². The van der Waals surface area contributed by atoms with Crippen LogP contribution in [0.3, 0.4) is 0 Å². The number of alkyl halides is 4. The second-order valence-electron chi connectivity index (χ2n) is 3.31. The van der Waals surface area contributed by atoms with Crippen molar-refractivity contribution in [1.82, 2.24) is 0 Å². The third-order valence-corrected chi connectivity index (χ3v) is 2.75. The molecule has 1 atom stereocenters. The Morgan fingerprint density at radius 1 is 1.41 bits per heavy atom. The molecule has 0 bridgehead atoms. The summed E-state index contributed by atoms with van der Waals surface area (Å²) in [7, 11) is 0. The highest BCUT2D eigenvalue weighted by Crippen LogP contribution is 2.32. The molecule has 0 saturated carbocycles. The van der Waals surface area contributed by atoms with Gasteiger partial charge in [-0.25, -0.2) is 0 Å². The number of benzene rings is 1. The van der Waals surface area contributed by atoms with Gasteiger partial charge < -0.3 is 5.11 Å². The third-order valence-electron chi connectivity index (χ3n) is 2.04. The summed E-state index contributed by atoms with van der Waals surface area (Å²) in [5.41, 5.74) is -0.824. The van der Waals surface area contributed by atoms with Gasteiger partial charge in [-0.3, -0.25) is 4.79 Å². The molecule has 7 heteroatoms. The van der Waals surface area contributed by atoms with Crippen LogP contribution in [0.1, 0.15) is 11.1 Å². The van der Waals surface area contributed by atoms with Crippen molar-refractivity contribution >= 4 is 29.2 Å². The number of halogens is 5. The molecule has 0 fully saturated rings. The number of hydrogen-bond donors (Lipinski definition) is 1. The van der Waals surface area contributed by atoms with E-state index in [9.17, 15) is 18.0 Å². The van der Waals surface area contributed by atoms with E-state index in [2.05, 4.69) is 0 Å². The van der Waals surface area contributed by atoms with E-state index in [0.717, 1.165) is 18.2 Å². The van der Waals surface area contributed by atoms with Gasteiger partial charge in [0.15, 0.2) is 0 Å². The van der Waals surface area contributed by atoms with E-state index in [4.69, 9.17) is 28.3 Å². The first-order chi connectivity index (χ1) is 7.71. The maximum Gasteiger partial charge on any atom is 0.416 e. The van der Waals surface area contributed by atoms with Crippen molar-refractivity contribution in [1.29, 1.82) is 0 Å². The van der Waals surface area contributed by atoms with Crippen LogP contribution >= 0.6 is 23.2 Å². The first-order valence-electron chi connectivity index (χ1n) is 4.44. The molecule has 17 heavy (non-hydrogen) atoms. The normalized spacial score (nSPS) is 13.5. The van der Waals surface area contributed by atoms with Gasteiger partial charge in [0.05, 0.1) is 5.56 Å². The monoisotopic (exact) mass is 286 g/mol. The maximum absolute atomic E-state index is 12.4. The Kier molecular flexibility index (Phi) is 4.27. The van der Waals surface area contributed by atoms with E-state index in [1.165, 1.54) is 0 Å². The van der Waals surface area contributed by atoms with E-state index < -0.39 is 23.1 Å². The Balaban J connectivity index is 3.03. The molecular weight excluding hydrogens is 280 g/mol. The van der Waals surface area contributed by atoms with Crippen LogP contribution < -0.4 is 0 Å². The summed E-state index contributed by atoms with van der Waals surface area (Å²) in [4.78, 5) is 10.5. The molecule has 0 aliphatic rings. The minimum absolute atomic E-state index is 0.0592. The maximum atomic E-state index is 12.4. The summed E-state index contributed by atoms with van der Waals surface area (Å²) in [5.74, 6) is -1.31. The fourth-order valence-corrected chi connectivity index (χ4v) is 1.55. The van der Waals surface area contributed by atoms with Gasteiger partial charge in [-0.1, -0.05) is 11.6 Å². The lowest BCUT2D eigenvalue weighted by molar-refractivity contribution is -0.137. The zero-order valence-corrected chi connectivity index (χ0v) is 9.77. The summed E-state index contributed by atoms with van der Waals surface area (Å²) in [6.45, 7) is 0. The second kappa shape index (κ2) is 5.14. The van der Waals surface area contributed by atoms with Gasteiger partial charge >= 0.3 is 12.1 Å². The molecule has 0 radical (unpaired) electrons. The predicted molar refractivity (Wildman–Crippen MR) is 57.4 cm³/mol. The molecule has 1 N–H and O–H groups in total. The van der Waals surface area contributed by atoms with Gasteiger partial charge in [-0.05, 0) is 23.8 Å². The van der Waals surface area contributed by atoms with Crippen molar-refractivity contribution in [3.8, 4) is 0 Å². The Hall–Kier alpha value is -0.940. The molecule has 0 amide bonds. The molecule has 0 spiro atoms. The number of rotatable bonds is 3. The molecule has 0 saturated heterocycles. The third kappa shape index (κ3) is 3.78. The van der Waals surface area contributed by atoms with Crippen LogP contribution in [0.15, 0.2) is 18.2 Å². The minimum Gasteiger partial charge on any atom is -0.480 e. The Morgan fingerprint density at radius 2 is 2.00 bits per heavy atom. The van der Waals surface area contributed by atoms with Crippen LogP contribution in [-0.2, 0) is 17.4 Å². The van der Waals surface area contributed by atoms with E-state index in [1.54, 1.807) is 0 Å². The fourth-order valence-electron chi connectivity index (χ4n) is 1.19. The summed E-state index contributed by atoms with van der Waals surface area (Å²) < 4.78 is 37.2. The van der Waals surface area contributed by atoms with Gasteiger partial charge in [-0.15, -0.1) is 11.6 Å². The number of carboxylic acid groups (broad SMARTS) is 1. The molecule has 0 aliphatic carbocycles. The molecule has 94 valence electrons. The Bertz CT molecular complexity index is 432. The highest BCUT2D eigenvalue weighted by Gasteiger charge is 2.31.